The van der Waals surface area contributed by atoms with Crippen LogP contribution in [0.15, 0.2) is 0 Å². The second kappa shape index (κ2) is 4.91. The summed E-state index contributed by atoms with van der Waals surface area (Å²) in [5, 5.41) is 18.6. The Morgan fingerprint density at radius 1 is 1.83 bits per heavy atom. The smallest absolute Gasteiger partial charge is 0.408 e. The average Bonchev–Trinajstić information content (AvgIpc) is 1.98. The first-order valence-corrected chi connectivity index (χ1v) is 4.28. The van der Waals surface area contributed by atoms with Crippen LogP contribution in [0.1, 0.15) is 6.92 Å². The molecule has 0 bridgehead atoms. The van der Waals surface area contributed by atoms with E-state index in [0.29, 0.717) is 0 Å². The van der Waals surface area contributed by atoms with Crippen molar-refractivity contribution in [2.75, 3.05) is 12.0 Å². The van der Waals surface area contributed by atoms with Crippen molar-refractivity contribution in [3.63, 3.8) is 0 Å². The zero-order valence-electron chi connectivity index (χ0n) is 6.44. The van der Waals surface area contributed by atoms with E-state index in [0.717, 1.165) is 4.90 Å². The van der Waals surface area contributed by atoms with Gasteiger partial charge in [-0.15, -0.1) is 0 Å². The zero-order chi connectivity index (χ0) is 9.72. The van der Waals surface area contributed by atoms with Gasteiger partial charge in [-0.2, -0.15) is 0 Å². The summed E-state index contributed by atoms with van der Waals surface area (Å²) < 4.78 is 0. The molecule has 0 aromatic rings. The fraction of sp³-hybridized carbons (Fsp3) is 0.800. The number of nitrogens with zero attached hydrogens (tertiary/aromatic N) is 2. The van der Waals surface area contributed by atoms with Gasteiger partial charge in [0.2, 0.25) is 6.04 Å². The van der Waals surface area contributed by atoms with Crippen LogP contribution in [-0.4, -0.2) is 39.1 Å². The molecule has 0 aromatic carbocycles. The summed E-state index contributed by atoms with van der Waals surface area (Å²) in [6.45, 7) is 1.26. The molecule has 0 fully saturated rings. The van der Waals surface area contributed by atoms with Gasteiger partial charge in [-0.25, -0.2) is 4.79 Å². The first-order chi connectivity index (χ1) is 5.49. The number of carbonyl (C=O) groups is 1. The molecule has 1 amide bonds. The van der Waals surface area contributed by atoms with Crippen LogP contribution in [0.2, 0.25) is 0 Å². The van der Waals surface area contributed by atoms with E-state index >= 15 is 0 Å². The van der Waals surface area contributed by atoms with E-state index < -0.39 is 17.1 Å². The molecule has 1 unspecified atom stereocenters. The number of alkyl halides is 1. The van der Waals surface area contributed by atoms with Crippen molar-refractivity contribution in [2.24, 2.45) is 0 Å². The number of hydrogen-bond donors (Lipinski definition) is 1. The number of nitro groups is 1. The fourth-order valence-corrected chi connectivity index (χ4v) is 0.983. The Morgan fingerprint density at radius 3 is 2.58 bits per heavy atom. The maximum atomic E-state index is 10.4. The van der Waals surface area contributed by atoms with E-state index in [9.17, 15) is 14.9 Å². The highest BCUT2D eigenvalue weighted by molar-refractivity contribution is 9.09. The number of halogens is 1. The molecular formula is C5H9BrN2O4. The quantitative estimate of drug-likeness (QED) is 0.344. The van der Waals surface area contributed by atoms with E-state index in [4.69, 9.17) is 5.11 Å². The van der Waals surface area contributed by atoms with Gasteiger partial charge >= 0.3 is 6.09 Å². The van der Waals surface area contributed by atoms with Gasteiger partial charge in [0.25, 0.3) is 0 Å². The normalized spacial score (nSPS) is 12.2. The second-order valence-corrected chi connectivity index (χ2v) is 2.76. The lowest BCUT2D eigenvalue weighted by atomic mass is 10.3. The largest absolute Gasteiger partial charge is 0.465 e. The Hall–Kier alpha value is -0.850. The highest BCUT2D eigenvalue weighted by atomic mass is 79.9. The fourth-order valence-electron chi connectivity index (χ4n) is 0.564. The SMILES string of the molecule is CC(CN(CBr)C(=O)O)[N+](=O)[O-]. The van der Waals surface area contributed by atoms with Gasteiger partial charge in [-0.05, 0) is 0 Å². The lowest BCUT2D eigenvalue weighted by molar-refractivity contribution is -0.517. The molecule has 1 N–H and O–H groups in total. The molecule has 12 heavy (non-hydrogen) atoms. The number of carboxylic acid groups (broad SMARTS) is 1. The van der Waals surface area contributed by atoms with E-state index in [1.165, 1.54) is 6.92 Å². The van der Waals surface area contributed by atoms with Gasteiger partial charge in [0, 0.05) is 11.8 Å². The highest BCUT2D eigenvalue weighted by Gasteiger charge is 2.20. The van der Waals surface area contributed by atoms with Crippen LogP contribution in [0.4, 0.5) is 4.79 Å². The molecule has 0 rings (SSSR count). The molecule has 1 atom stereocenters. The van der Waals surface area contributed by atoms with Crippen molar-refractivity contribution >= 4 is 22.0 Å². The summed E-state index contributed by atoms with van der Waals surface area (Å²) in [4.78, 5) is 20.9. The summed E-state index contributed by atoms with van der Waals surface area (Å²) in [7, 11) is 0. The van der Waals surface area contributed by atoms with Crippen LogP contribution in [0.25, 0.3) is 0 Å². The standard InChI is InChI=1S/C5H9BrN2O4/c1-4(8(11)12)2-7(3-6)5(9)10/h4H,2-3H2,1H3,(H,9,10). The molecule has 0 heterocycles. The van der Waals surface area contributed by atoms with Gasteiger partial charge < -0.3 is 5.11 Å². The van der Waals surface area contributed by atoms with Crippen molar-refractivity contribution in [1.82, 2.24) is 4.90 Å². The Balaban J connectivity index is 4.02. The Labute approximate surface area is 77.4 Å². The van der Waals surface area contributed by atoms with Crippen LogP contribution in [0.5, 0.6) is 0 Å². The van der Waals surface area contributed by atoms with Gasteiger partial charge in [0.05, 0.1) is 12.0 Å². The van der Waals surface area contributed by atoms with Crippen molar-refractivity contribution in [3.8, 4) is 0 Å². The third kappa shape index (κ3) is 3.51. The van der Waals surface area contributed by atoms with Gasteiger partial charge in [-0.3, -0.25) is 15.0 Å². The molecule has 7 heteroatoms. The summed E-state index contributed by atoms with van der Waals surface area (Å²) in [5.74, 6) is 0. The molecule has 0 saturated heterocycles. The predicted octanol–water partition coefficient (Wildman–Crippen LogP) is 0.984. The van der Waals surface area contributed by atoms with E-state index in [1.54, 1.807) is 0 Å². The first-order valence-electron chi connectivity index (χ1n) is 3.16. The van der Waals surface area contributed by atoms with E-state index in [2.05, 4.69) is 15.9 Å². The number of amides is 1. The third-order valence-corrected chi connectivity index (χ3v) is 1.86. The van der Waals surface area contributed by atoms with Crippen molar-refractivity contribution in [3.05, 3.63) is 10.1 Å². The van der Waals surface area contributed by atoms with Crippen molar-refractivity contribution in [2.45, 2.75) is 13.0 Å². The maximum Gasteiger partial charge on any atom is 0.408 e. The lowest BCUT2D eigenvalue weighted by Crippen LogP contribution is -2.37. The van der Waals surface area contributed by atoms with Gasteiger partial charge in [0.15, 0.2) is 0 Å². The molecule has 0 radical (unpaired) electrons. The first kappa shape index (κ1) is 11.2. The maximum absolute atomic E-state index is 10.4. The molecule has 0 saturated carbocycles. The zero-order valence-corrected chi connectivity index (χ0v) is 8.02. The van der Waals surface area contributed by atoms with Crippen molar-refractivity contribution in [1.29, 1.82) is 0 Å². The molecular weight excluding hydrogens is 232 g/mol. The lowest BCUT2D eigenvalue weighted by Gasteiger charge is -2.15. The Bertz CT molecular complexity index is 186. The van der Waals surface area contributed by atoms with Crippen molar-refractivity contribution < 1.29 is 14.8 Å². The molecule has 0 aliphatic rings. The second-order valence-electron chi connectivity index (χ2n) is 2.26. The molecule has 0 aliphatic heterocycles. The molecule has 70 valence electrons. The number of rotatable bonds is 4. The summed E-state index contributed by atoms with van der Waals surface area (Å²) >= 11 is 2.92. The topological polar surface area (TPSA) is 83.7 Å². The minimum atomic E-state index is -1.17. The summed E-state index contributed by atoms with van der Waals surface area (Å²) in [6.07, 6.45) is -1.17. The van der Waals surface area contributed by atoms with Crippen LogP contribution in [-0.2, 0) is 0 Å². The summed E-state index contributed by atoms with van der Waals surface area (Å²) in [6, 6.07) is -0.876. The highest BCUT2D eigenvalue weighted by Crippen LogP contribution is 1.99. The minimum Gasteiger partial charge on any atom is -0.465 e. The average molecular weight is 241 g/mol. The third-order valence-electron chi connectivity index (χ3n) is 1.26. The Kier molecular flexibility index (Phi) is 4.57. The van der Waals surface area contributed by atoms with Crippen LogP contribution in [0, 0.1) is 10.1 Å². The van der Waals surface area contributed by atoms with Crippen LogP contribution in [0.3, 0.4) is 0 Å². The number of hydrogen-bond acceptors (Lipinski definition) is 3. The molecule has 6 nitrogen and oxygen atoms in total. The molecule has 0 spiro atoms. The predicted molar refractivity (Wildman–Crippen MR) is 45.0 cm³/mol. The minimum absolute atomic E-state index is 0.0838. The van der Waals surface area contributed by atoms with E-state index in [-0.39, 0.29) is 12.0 Å². The van der Waals surface area contributed by atoms with Gasteiger partial charge in [0.1, 0.15) is 0 Å². The van der Waals surface area contributed by atoms with Crippen LogP contribution < -0.4 is 0 Å². The summed E-state index contributed by atoms with van der Waals surface area (Å²) in [5.41, 5.74) is 0.0838. The van der Waals surface area contributed by atoms with Crippen LogP contribution >= 0.6 is 15.9 Å². The van der Waals surface area contributed by atoms with Gasteiger partial charge in [-0.1, -0.05) is 15.9 Å². The Morgan fingerprint density at radius 2 is 2.33 bits per heavy atom. The molecule has 0 aromatic heterocycles. The monoisotopic (exact) mass is 240 g/mol. The van der Waals surface area contributed by atoms with E-state index in [1.807, 2.05) is 0 Å². The molecule has 0 aliphatic carbocycles.